The SMILES string of the molecule is C[C@@H](NC(=O)c1nn(-c2ccccc2Cl)c(-c2ccc(Cl)cc2)c1Cc1nnn[nH]1)c1cccc(F)c1. The van der Waals surface area contributed by atoms with Crippen LogP contribution >= 0.6 is 23.2 Å². The number of para-hydroxylation sites is 1. The van der Waals surface area contributed by atoms with Gasteiger partial charge in [-0.25, -0.2) is 14.2 Å². The number of amides is 1. The molecule has 0 aliphatic carbocycles. The second kappa shape index (κ2) is 10.5. The molecule has 2 heterocycles. The van der Waals surface area contributed by atoms with Crippen LogP contribution in [0.25, 0.3) is 16.9 Å². The standard InChI is InChI=1S/C26H20Cl2FN7O/c1-15(17-5-4-6-19(29)13-17)30-26(37)24-20(14-23-31-34-35-32-23)25(16-9-11-18(27)12-10-16)36(33-24)22-8-3-2-7-21(22)28/h2-13,15H,14H2,1H3,(H,30,37)(H,31,32,34,35)/t15-/m1/s1. The molecule has 0 radical (unpaired) electrons. The molecule has 3 aromatic carbocycles. The first-order valence-corrected chi connectivity index (χ1v) is 12.1. The quantitative estimate of drug-likeness (QED) is 0.283. The van der Waals surface area contributed by atoms with Gasteiger partial charge in [-0.2, -0.15) is 5.10 Å². The van der Waals surface area contributed by atoms with E-state index in [1.807, 2.05) is 30.3 Å². The molecule has 5 rings (SSSR count). The van der Waals surface area contributed by atoms with Crippen LogP contribution in [-0.4, -0.2) is 36.3 Å². The first-order valence-electron chi connectivity index (χ1n) is 11.3. The summed E-state index contributed by atoms with van der Waals surface area (Å²) in [6.07, 6.45) is 0.187. The lowest BCUT2D eigenvalue weighted by molar-refractivity contribution is 0.0933. The van der Waals surface area contributed by atoms with Gasteiger partial charge >= 0.3 is 0 Å². The van der Waals surface area contributed by atoms with Gasteiger partial charge in [0.25, 0.3) is 5.91 Å². The Hall–Kier alpha value is -4.08. The number of benzene rings is 3. The zero-order chi connectivity index (χ0) is 25.9. The van der Waals surface area contributed by atoms with Gasteiger partial charge in [0.15, 0.2) is 11.5 Å². The van der Waals surface area contributed by atoms with Gasteiger partial charge in [0.1, 0.15) is 5.82 Å². The number of rotatable bonds is 7. The van der Waals surface area contributed by atoms with Crippen molar-refractivity contribution in [3.63, 3.8) is 0 Å². The molecular weight excluding hydrogens is 516 g/mol. The zero-order valence-corrected chi connectivity index (χ0v) is 21.0. The van der Waals surface area contributed by atoms with E-state index in [-0.39, 0.29) is 17.9 Å². The van der Waals surface area contributed by atoms with Gasteiger partial charge in [-0.05, 0) is 59.3 Å². The monoisotopic (exact) mass is 535 g/mol. The molecule has 0 saturated heterocycles. The number of aromatic amines is 1. The minimum atomic E-state index is -0.479. The van der Waals surface area contributed by atoms with E-state index in [9.17, 15) is 9.18 Å². The maximum atomic E-state index is 13.8. The predicted molar refractivity (Wildman–Crippen MR) is 138 cm³/mol. The molecule has 8 nitrogen and oxygen atoms in total. The predicted octanol–water partition coefficient (Wildman–Crippen LogP) is 5.58. The molecule has 0 aliphatic heterocycles. The molecule has 186 valence electrons. The van der Waals surface area contributed by atoms with Crippen molar-refractivity contribution < 1.29 is 9.18 Å². The summed E-state index contributed by atoms with van der Waals surface area (Å²) in [6.45, 7) is 1.78. The Bertz CT molecular complexity index is 1550. The smallest absolute Gasteiger partial charge is 0.272 e. The third kappa shape index (κ3) is 5.23. The fraction of sp³-hybridized carbons (Fsp3) is 0.115. The summed E-state index contributed by atoms with van der Waals surface area (Å²) in [5.74, 6) is -0.383. The summed E-state index contributed by atoms with van der Waals surface area (Å²) in [4.78, 5) is 13.6. The molecule has 2 aromatic heterocycles. The number of aromatic nitrogens is 6. The maximum absolute atomic E-state index is 13.8. The van der Waals surface area contributed by atoms with Crippen molar-refractivity contribution in [3.05, 3.63) is 111 Å². The normalized spacial score (nSPS) is 11.9. The van der Waals surface area contributed by atoms with Crippen molar-refractivity contribution in [2.75, 3.05) is 0 Å². The highest BCUT2D eigenvalue weighted by atomic mass is 35.5. The third-order valence-corrected chi connectivity index (χ3v) is 6.40. The third-order valence-electron chi connectivity index (χ3n) is 5.83. The Kier molecular flexibility index (Phi) is 6.98. The molecule has 37 heavy (non-hydrogen) atoms. The van der Waals surface area contributed by atoms with E-state index < -0.39 is 11.9 Å². The van der Waals surface area contributed by atoms with E-state index in [2.05, 4.69) is 25.9 Å². The first-order chi connectivity index (χ1) is 17.9. The zero-order valence-electron chi connectivity index (χ0n) is 19.5. The van der Waals surface area contributed by atoms with Crippen LogP contribution in [0.1, 0.15) is 40.4 Å². The van der Waals surface area contributed by atoms with Crippen LogP contribution in [0, 0.1) is 5.82 Å². The second-order valence-electron chi connectivity index (χ2n) is 8.32. The van der Waals surface area contributed by atoms with Crippen LogP contribution < -0.4 is 5.32 Å². The fourth-order valence-corrected chi connectivity index (χ4v) is 4.39. The summed E-state index contributed by atoms with van der Waals surface area (Å²) >= 11 is 12.7. The molecule has 1 amide bonds. The van der Waals surface area contributed by atoms with Crippen LogP contribution in [0.3, 0.4) is 0 Å². The van der Waals surface area contributed by atoms with Crippen LogP contribution in [0.2, 0.25) is 10.0 Å². The summed E-state index contributed by atoms with van der Waals surface area (Å²) < 4.78 is 15.4. The molecule has 11 heteroatoms. The van der Waals surface area contributed by atoms with Crippen molar-refractivity contribution in [2.45, 2.75) is 19.4 Å². The van der Waals surface area contributed by atoms with Gasteiger partial charge in [-0.1, -0.05) is 59.6 Å². The molecule has 0 saturated carbocycles. The van der Waals surface area contributed by atoms with Crippen molar-refractivity contribution in [1.82, 2.24) is 35.7 Å². The number of H-pyrrole nitrogens is 1. The molecule has 0 bridgehead atoms. The average molecular weight is 536 g/mol. The second-order valence-corrected chi connectivity index (χ2v) is 9.16. The van der Waals surface area contributed by atoms with Gasteiger partial charge in [0.2, 0.25) is 0 Å². The summed E-state index contributed by atoms with van der Waals surface area (Å²) in [6, 6.07) is 20.0. The number of nitrogens with one attached hydrogen (secondary N) is 2. The molecular formula is C26H20Cl2FN7O. The van der Waals surface area contributed by atoms with Gasteiger partial charge in [0.05, 0.1) is 22.4 Å². The number of nitrogens with zero attached hydrogens (tertiary/aromatic N) is 5. The fourth-order valence-electron chi connectivity index (χ4n) is 4.05. The Morgan fingerprint density at radius 2 is 1.86 bits per heavy atom. The topological polar surface area (TPSA) is 101 Å². The van der Waals surface area contributed by atoms with Crippen molar-refractivity contribution in [3.8, 4) is 16.9 Å². The highest BCUT2D eigenvalue weighted by Crippen LogP contribution is 2.34. The van der Waals surface area contributed by atoms with Crippen LogP contribution in [0.4, 0.5) is 4.39 Å². The number of hydrogen-bond donors (Lipinski definition) is 2. The Labute approximate surface area is 221 Å². The van der Waals surface area contributed by atoms with E-state index in [0.717, 1.165) is 5.56 Å². The maximum Gasteiger partial charge on any atom is 0.272 e. The Morgan fingerprint density at radius 3 is 2.57 bits per heavy atom. The summed E-state index contributed by atoms with van der Waals surface area (Å²) in [5, 5.41) is 22.7. The molecule has 2 N–H and O–H groups in total. The van der Waals surface area contributed by atoms with Gasteiger partial charge in [-0.3, -0.25) is 4.79 Å². The van der Waals surface area contributed by atoms with Crippen LogP contribution in [-0.2, 0) is 6.42 Å². The van der Waals surface area contributed by atoms with Crippen molar-refractivity contribution in [2.24, 2.45) is 0 Å². The number of carbonyl (C=O) groups is 1. The lowest BCUT2D eigenvalue weighted by Gasteiger charge is -2.14. The van der Waals surface area contributed by atoms with E-state index in [0.29, 0.717) is 38.4 Å². The molecule has 0 unspecified atom stereocenters. The van der Waals surface area contributed by atoms with Crippen LogP contribution in [0.5, 0.6) is 0 Å². The van der Waals surface area contributed by atoms with Gasteiger partial charge < -0.3 is 5.32 Å². The lowest BCUT2D eigenvalue weighted by atomic mass is 10.0. The Morgan fingerprint density at radius 1 is 1.08 bits per heavy atom. The largest absolute Gasteiger partial charge is 0.344 e. The van der Waals surface area contributed by atoms with E-state index in [1.165, 1.54) is 12.1 Å². The first kappa shape index (κ1) is 24.6. The summed E-state index contributed by atoms with van der Waals surface area (Å²) in [7, 11) is 0. The van der Waals surface area contributed by atoms with E-state index in [4.69, 9.17) is 28.3 Å². The average Bonchev–Trinajstić information content (AvgIpc) is 3.53. The number of halogens is 3. The van der Waals surface area contributed by atoms with E-state index >= 15 is 0 Å². The summed E-state index contributed by atoms with van der Waals surface area (Å²) in [5.41, 5.74) is 3.33. The van der Waals surface area contributed by atoms with Crippen molar-refractivity contribution in [1.29, 1.82) is 0 Å². The number of carbonyl (C=O) groups excluding carboxylic acids is 1. The Balaban J connectivity index is 1.67. The molecule has 0 spiro atoms. The van der Waals surface area contributed by atoms with Gasteiger partial charge in [-0.15, -0.1) is 5.10 Å². The minimum Gasteiger partial charge on any atom is -0.344 e. The molecule has 0 aliphatic rings. The number of hydrogen-bond acceptors (Lipinski definition) is 5. The molecule has 1 atom stereocenters. The minimum absolute atomic E-state index is 0.157. The van der Waals surface area contributed by atoms with Gasteiger partial charge in [0, 0.05) is 22.6 Å². The van der Waals surface area contributed by atoms with E-state index in [1.54, 1.807) is 41.9 Å². The highest BCUT2D eigenvalue weighted by Gasteiger charge is 2.27. The molecule has 0 fully saturated rings. The van der Waals surface area contributed by atoms with Crippen molar-refractivity contribution >= 4 is 29.1 Å². The molecule has 5 aromatic rings. The lowest BCUT2D eigenvalue weighted by Crippen LogP contribution is -2.28. The number of tetrazole rings is 1. The van der Waals surface area contributed by atoms with Crippen LogP contribution in [0.15, 0.2) is 72.8 Å². The highest BCUT2D eigenvalue weighted by molar-refractivity contribution is 6.32.